The number of sulfonamides is 1. The molecule has 0 aliphatic carbocycles. The summed E-state index contributed by atoms with van der Waals surface area (Å²) in [5, 5.41) is 0. The van der Waals surface area contributed by atoms with Gasteiger partial charge in [0.05, 0.1) is 11.6 Å². The SMILES string of the molecule is CCn1cc(S(=O)(=O)N(C)c2cccc(C)c2)cc1CCl. The average Bonchev–Trinajstić information content (AvgIpc) is 2.90. The quantitative estimate of drug-likeness (QED) is 0.790. The number of hydrogen-bond donors (Lipinski definition) is 0. The molecule has 2 aromatic rings. The lowest BCUT2D eigenvalue weighted by atomic mass is 10.2. The molecule has 1 aromatic heterocycles. The summed E-state index contributed by atoms with van der Waals surface area (Å²) in [6.07, 6.45) is 1.64. The van der Waals surface area contributed by atoms with Crippen LogP contribution in [0, 0.1) is 6.92 Å². The Balaban J connectivity index is 2.44. The fourth-order valence-corrected chi connectivity index (χ4v) is 3.68. The van der Waals surface area contributed by atoms with Crippen LogP contribution in [0.5, 0.6) is 0 Å². The Labute approximate surface area is 131 Å². The Bertz CT molecular complexity index is 716. The van der Waals surface area contributed by atoms with E-state index in [0.717, 1.165) is 11.3 Å². The third-order valence-electron chi connectivity index (χ3n) is 3.46. The van der Waals surface area contributed by atoms with E-state index >= 15 is 0 Å². The summed E-state index contributed by atoms with van der Waals surface area (Å²) in [4.78, 5) is 0.268. The highest BCUT2D eigenvalue weighted by molar-refractivity contribution is 7.92. The molecule has 0 aliphatic heterocycles. The minimum atomic E-state index is -3.58. The van der Waals surface area contributed by atoms with Crippen molar-refractivity contribution in [2.24, 2.45) is 0 Å². The molecular formula is C15H19ClN2O2S. The molecule has 0 amide bonds. The van der Waals surface area contributed by atoms with Crippen LogP contribution in [-0.4, -0.2) is 20.0 Å². The molecule has 0 radical (unpaired) electrons. The zero-order chi connectivity index (χ0) is 15.6. The van der Waals surface area contributed by atoms with Gasteiger partial charge in [-0.25, -0.2) is 8.42 Å². The first-order chi connectivity index (χ1) is 9.90. The number of anilines is 1. The molecule has 21 heavy (non-hydrogen) atoms. The van der Waals surface area contributed by atoms with E-state index in [2.05, 4.69) is 0 Å². The molecule has 0 spiro atoms. The number of halogens is 1. The second-order valence-electron chi connectivity index (χ2n) is 4.90. The summed E-state index contributed by atoms with van der Waals surface area (Å²) < 4.78 is 28.6. The number of rotatable bonds is 5. The van der Waals surface area contributed by atoms with Gasteiger partial charge in [-0.2, -0.15) is 0 Å². The predicted molar refractivity (Wildman–Crippen MR) is 86.4 cm³/mol. The van der Waals surface area contributed by atoms with Crippen molar-refractivity contribution in [3.63, 3.8) is 0 Å². The van der Waals surface area contributed by atoms with Gasteiger partial charge in [-0.3, -0.25) is 4.31 Å². The van der Waals surface area contributed by atoms with Crippen LogP contribution in [0.15, 0.2) is 41.4 Å². The average molecular weight is 327 g/mol. The topological polar surface area (TPSA) is 42.3 Å². The lowest BCUT2D eigenvalue weighted by Crippen LogP contribution is -2.26. The number of aromatic nitrogens is 1. The van der Waals surface area contributed by atoms with Crippen LogP contribution in [0.2, 0.25) is 0 Å². The highest BCUT2D eigenvalue weighted by Crippen LogP contribution is 2.24. The lowest BCUT2D eigenvalue weighted by Gasteiger charge is -2.19. The van der Waals surface area contributed by atoms with E-state index in [1.54, 1.807) is 25.4 Å². The van der Waals surface area contributed by atoms with Crippen molar-refractivity contribution in [3.8, 4) is 0 Å². The molecule has 0 atom stereocenters. The van der Waals surface area contributed by atoms with Crippen LogP contribution in [0.4, 0.5) is 5.69 Å². The molecule has 0 N–H and O–H groups in total. The first-order valence-corrected chi connectivity index (χ1v) is 8.68. The van der Waals surface area contributed by atoms with Gasteiger partial charge in [0.2, 0.25) is 0 Å². The molecule has 6 heteroatoms. The highest BCUT2D eigenvalue weighted by Gasteiger charge is 2.23. The molecule has 2 rings (SSSR count). The third kappa shape index (κ3) is 3.09. The molecule has 0 aliphatic rings. The first kappa shape index (κ1) is 15.9. The third-order valence-corrected chi connectivity index (χ3v) is 5.49. The van der Waals surface area contributed by atoms with E-state index in [4.69, 9.17) is 11.6 Å². The van der Waals surface area contributed by atoms with Crippen LogP contribution < -0.4 is 4.31 Å². The summed E-state index contributed by atoms with van der Waals surface area (Å²) in [7, 11) is -2.01. The molecule has 4 nitrogen and oxygen atoms in total. The van der Waals surface area contributed by atoms with E-state index in [1.807, 2.05) is 36.6 Å². The summed E-state index contributed by atoms with van der Waals surface area (Å²) in [6.45, 7) is 4.57. The van der Waals surface area contributed by atoms with Crippen molar-refractivity contribution in [2.75, 3.05) is 11.4 Å². The Morgan fingerprint density at radius 2 is 2.00 bits per heavy atom. The van der Waals surface area contributed by atoms with E-state index in [1.165, 1.54) is 4.31 Å². The van der Waals surface area contributed by atoms with Gasteiger partial charge >= 0.3 is 0 Å². The van der Waals surface area contributed by atoms with E-state index in [0.29, 0.717) is 12.2 Å². The molecule has 0 unspecified atom stereocenters. The Morgan fingerprint density at radius 1 is 1.29 bits per heavy atom. The van der Waals surface area contributed by atoms with Gasteiger partial charge in [-0.15, -0.1) is 11.6 Å². The smallest absolute Gasteiger partial charge is 0.265 e. The first-order valence-electron chi connectivity index (χ1n) is 6.70. The van der Waals surface area contributed by atoms with Crippen molar-refractivity contribution in [1.29, 1.82) is 0 Å². The maximum absolute atomic E-state index is 12.7. The van der Waals surface area contributed by atoms with Crippen molar-refractivity contribution in [1.82, 2.24) is 4.57 Å². The molecule has 0 saturated carbocycles. The molecule has 0 bridgehead atoms. The second kappa shape index (κ2) is 6.12. The summed E-state index contributed by atoms with van der Waals surface area (Å²) in [5.41, 5.74) is 2.46. The zero-order valence-electron chi connectivity index (χ0n) is 12.4. The number of nitrogens with zero attached hydrogens (tertiary/aromatic N) is 2. The van der Waals surface area contributed by atoms with Crippen LogP contribution in [0.25, 0.3) is 0 Å². The van der Waals surface area contributed by atoms with E-state index in [9.17, 15) is 8.42 Å². The molecule has 1 heterocycles. The molecule has 0 saturated heterocycles. The van der Waals surface area contributed by atoms with Crippen LogP contribution >= 0.6 is 11.6 Å². The molecule has 1 aromatic carbocycles. The fourth-order valence-electron chi connectivity index (χ4n) is 2.19. The fraction of sp³-hybridized carbons (Fsp3) is 0.333. The van der Waals surface area contributed by atoms with Crippen molar-refractivity contribution in [2.45, 2.75) is 31.2 Å². The van der Waals surface area contributed by atoms with E-state index < -0.39 is 10.0 Å². The predicted octanol–water partition coefficient (Wildman–Crippen LogP) is 3.38. The number of benzene rings is 1. The maximum Gasteiger partial charge on any atom is 0.265 e. The van der Waals surface area contributed by atoms with Gasteiger partial charge < -0.3 is 4.57 Å². The number of aryl methyl sites for hydroxylation is 2. The van der Waals surface area contributed by atoms with Crippen LogP contribution in [0.1, 0.15) is 18.2 Å². The summed E-state index contributed by atoms with van der Waals surface area (Å²) in [5.74, 6) is 0.289. The molecule has 0 fully saturated rings. The Kier molecular flexibility index (Phi) is 4.64. The lowest BCUT2D eigenvalue weighted by molar-refractivity contribution is 0.594. The van der Waals surface area contributed by atoms with Gasteiger partial charge in [-0.05, 0) is 37.6 Å². The molecular weight excluding hydrogens is 308 g/mol. The Hall–Kier alpha value is -1.46. The largest absolute Gasteiger partial charge is 0.349 e. The summed E-state index contributed by atoms with van der Waals surface area (Å²) >= 11 is 5.86. The van der Waals surface area contributed by atoms with Gasteiger partial charge in [0.15, 0.2) is 0 Å². The Morgan fingerprint density at radius 3 is 2.52 bits per heavy atom. The zero-order valence-corrected chi connectivity index (χ0v) is 13.9. The highest BCUT2D eigenvalue weighted by atomic mass is 35.5. The van der Waals surface area contributed by atoms with Gasteiger partial charge in [0, 0.05) is 25.5 Å². The standard InChI is InChI=1S/C15H19ClN2O2S/c1-4-18-11-15(9-14(18)10-16)21(19,20)17(3)13-7-5-6-12(2)8-13/h5-9,11H,4,10H2,1-3H3. The maximum atomic E-state index is 12.7. The monoisotopic (exact) mass is 326 g/mol. The van der Waals surface area contributed by atoms with Gasteiger partial charge in [0.25, 0.3) is 10.0 Å². The minimum absolute atomic E-state index is 0.268. The number of alkyl halides is 1. The van der Waals surface area contributed by atoms with Gasteiger partial charge in [-0.1, -0.05) is 12.1 Å². The normalized spacial score (nSPS) is 11.6. The van der Waals surface area contributed by atoms with Crippen molar-refractivity contribution < 1.29 is 8.42 Å². The number of hydrogen-bond acceptors (Lipinski definition) is 2. The minimum Gasteiger partial charge on any atom is -0.349 e. The van der Waals surface area contributed by atoms with Crippen molar-refractivity contribution in [3.05, 3.63) is 47.8 Å². The van der Waals surface area contributed by atoms with E-state index in [-0.39, 0.29) is 10.8 Å². The van der Waals surface area contributed by atoms with Gasteiger partial charge in [0.1, 0.15) is 4.90 Å². The second-order valence-corrected chi connectivity index (χ2v) is 7.13. The van der Waals surface area contributed by atoms with Crippen molar-refractivity contribution >= 4 is 27.3 Å². The van der Waals surface area contributed by atoms with Crippen LogP contribution in [-0.2, 0) is 22.4 Å². The molecule has 114 valence electrons. The van der Waals surface area contributed by atoms with Crippen LogP contribution in [0.3, 0.4) is 0 Å². The summed E-state index contributed by atoms with van der Waals surface area (Å²) in [6, 6.07) is 9.04.